The zero-order valence-corrected chi connectivity index (χ0v) is 22.7. The van der Waals surface area contributed by atoms with Gasteiger partial charge in [-0.15, -0.1) is 0 Å². The maximum Gasteiger partial charge on any atom is 0.0541 e. The van der Waals surface area contributed by atoms with Crippen LogP contribution in [0.2, 0.25) is 0 Å². The molecule has 0 spiro atoms. The van der Waals surface area contributed by atoms with E-state index in [1.54, 1.807) is 0 Å². The molecule has 1 nitrogen and oxygen atoms in total. The summed E-state index contributed by atoms with van der Waals surface area (Å²) in [6.45, 7) is 2.28. The van der Waals surface area contributed by atoms with Crippen LogP contribution in [0.5, 0.6) is 0 Å². The van der Waals surface area contributed by atoms with Gasteiger partial charge >= 0.3 is 0 Å². The van der Waals surface area contributed by atoms with E-state index in [1.807, 2.05) is 0 Å². The maximum atomic E-state index is 2.37. The Kier molecular flexibility index (Phi) is 6.26. The van der Waals surface area contributed by atoms with E-state index in [4.69, 9.17) is 0 Å². The lowest BCUT2D eigenvalue weighted by molar-refractivity contribution is 0.777. The van der Waals surface area contributed by atoms with E-state index in [0.29, 0.717) is 5.92 Å². The molecule has 1 unspecified atom stereocenters. The van der Waals surface area contributed by atoms with Crippen LogP contribution in [0, 0.1) is 0 Å². The molecule has 0 radical (unpaired) electrons. The van der Waals surface area contributed by atoms with Crippen LogP contribution >= 0.6 is 0 Å². The molecular weight excluding hydrogens is 482 g/mol. The van der Waals surface area contributed by atoms with Crippen LogP contribution in [-0.4, -0.2) is 4.57 Å². The molecule has 6 aromatic carbocycles. The average molecular weight is 514 g/mol. The normalized spacial score (nSPS) is 12.1. The van der Waals surface area contributed by atoms with Gasteiger partial charge < -0.3 is 4.57 Å². The molecule has 0 N–H and O–H groups in total. The van der Waals surface area contributed by atoms with Crippen LogP contribution in [0.3, 0.4) is 0 Å². The Labute approximate surface area is 236 Å². The van der Waals surface area contributed by atoms with Gasteiger partial charge in [0.25, 0.3) is 0 Å². The minimum absolute atomic E-state index is 0.380. The molecule has 0 bridgehead atoms. The summed E-state index contributed by atoms with van der Waals surface area (Å²) in [7, 11) is 0. The van der Waals surface area contributed by atoms with E-state index in [1.165, 1.54) is 60.9 Å². The van der Waals surface area contributed by atoms with Gasteiger partial charge in [-0.25, -0.2) is 0 Å². The number of benzene rings is 6. The number of hydrogen-bond donors (Lipinski definition) is 0. The van der Waals surface area contributed by atoms with Crippen molar-refractivity contribution in [3.8, 4) is 27.9 Å². The van der Waals surface area contributed by atoms with Gasteiger partial charge in [-0.2, -0.15) is 0 Å². The second-order valence-corrected chi connectivity index (χ2v) is 10.5. The number of nitrogens with zero attached hydrogens (tertiary/aromatic N) is 1. The maximum absolute atomic E-state index is 2.37. The van der Waals surface area contributed by atoms with Crippen molar-refractivity contribution in [1.29, 1.82) is 0 Å². The molecule has 1 heteroatoms. The Morgan fingerprint density at radius 2 is 0.950 bits per heavy atom. The molecule has 1 heterocycles. The second-order valence-electron chi connectivity index (χ2n) is 10.5. The van der Waals surface area contributed by atoms with Crippen molar-refractivity contribution in [2.75, 3.05) is 0 Å². The molecule has 7 aromatic rings. The lowest BCUT2D eigenvalue weighted by Crippen LogP contribution is -1.99. The van der Waals surface area contributed by atoms with Crippen molar-refractivity contribution < 1.29 is 0 Å². The Bertz CT molecular complexity index is 1890. The van der Waals surface area contributed by atoms with Crippen molar-refractivity contribution in [3.05, 3.63) is 163 Å². The van der Waals surface area contributed by atoms with Crippen molar-refractivity contribution in [2.45, 2.75) is 19.3 Å². The minimum Gasteiger partial charge on any atom is -0.309 e. The first-order valence-electron chi connectivity index (χ1n) is 14.1. The molecule has 7 rings (SSSR count). The summed E-state index contributed by atoms with van der Waals surface area (Å²) in [4.78, 5) is 0. The van der Waals surface area contributed by atoms with Gasteiger partial charge in [0.15, 0.2) is 0 Å². The minimum atomic E-state index is 0.380. The Morgan fingerprint density at radius 1 is 0.450 bits per heavy atom. The molecule has 192 valence electrons. The average Bonchev–Trinajstić information content (AvgIpc) is 3.37. The van der Waals surface area contributed by atoms with Crippen molar-refractivity contribution >= 4 is 21.8 Å². The summed E-state index contributed by atoms with van der Waals surface area (Å²) in [6, 6.07) is 55.1. The third-order valence-electron chi connectivity index (χ3n) is 8.16. The summed E-state index contributed by atoms with van der Waals surface area (Å²) in [5.74, 6) is 0.380. The summed E-state index contributed by atoms with van der Waals surface area (Å²) in [6.07, 6.45) is 1.06. The molecule has 0 aliphatic carbocycles. The largest absolute Gasteiger partial charge is 0.309 e. The summed E-state index contributed by atoms with van der Waals surface area (Å²) < 4.78 is 2.37. The molecule has 0 fully saturated rings. The topological polar surface area (TPSA) is 4.93 Å². The molecular formula is C39H31N. The first-order valence-corrected chi connectivity index (χ1v) is 14.1. The lowest BCUT2D eigenvalue weighted by atomic mass is 9.87. The zero-order valence-electron chi connectivity index (χ0n) is 22.7. The first kappa shape index (κ1) is 24.2. The SMILES string of the molecule is CCC(c1ccc(-c2ccccc2)cc1)c1ccc(-c2ccc3c(c2)c2ccccc2n3-c2ccccc2)cc1. The summed E-state index contributed by atoms with van der Waals surface area (Å²) >= 11 is 0. The van der Waals surface area contributed by atoms with E-state index in [9.17, 15) is 0 Å². The van der Waals surface area contributed by atoms with Crippen molar-refractivity contribution in [2.24, 2.45) is 0 Å². The van der Waals surface area contributed by atoms with Crippen LogP contribution in [0.1, 0.15) is 30.4 Å². The predicted molar refractivity (Wildman–Crippen MR) is 170 cm³/mol. The summed E-state index contributed by atoms with van der Waals surface area (Å²) in [5, 5.41) is 2.57. The molecule has 0 aliphatic rings. The Hall–Kier alpha value is -4.88. The van der Waals surface area contributed by atoms with Gasteiger partial charge in [0, 0.05) is 22.4 Å². The van der Waals surface area contributed by atoms with Gasteiger partial charge in [0.1, 0.15) is 0 Å². The standard InChI is InChI=1S/C39H31N/c1-2-35(31-21-17-29(18-22-31)28-11-5-3-6-12-28)32-23-19-30(20-24-32)33-25-26-39-37(27-33)36-15-9-10-16-38(36)40(39)34-13-7-4-8-14-34/h3-27,35H,2H2,1H3. The van der Waals surface area contributed by atoms with Gasteiger partial charge in [0.2, 0.25) is 0 Å². The molecule has 0 amide bonds. The fourth-order valence-corrected chi connectivity index (χ4v) is 6.12. The molecule has 1 atom stereocenters. The van der Waals surface area contributed by atoms with E-state index >= 15 is 0 Å². The van der Waals surface area contributed by atoms with E-state index in [2.05, 4.69) is 163 Å². The van der Waals surface area contributed by atoms with Crippen molar-refractivity contribution in [1.82, 2.24) is 4.57 Å². The third-order valence-corrected chi connectivity index (χ3v) is 8.16. The van der Waals surface area contributed by atoms with Crippen molar-refractivity contribution in [3.63, 3.8) is 0 Å². The van der Waals surface area contributed by atoms with Gasteiger partial charge in [-0.3, -0.25) is 0 Å². The summed E-state index contributed by atoms with van der Waals surface area (Å²) in [5.41, 5.74) is 11.4. The van der Waals surface area contributed by atoms with E-state index in [-0.39, 0.29) is 0 Å². The van der Waals surface area contributed by atoms with E-state index in [0.717, 1.165) is 6.42 Å². The van der Waals surface area contributed by atoms with Crippen LogP contribution in [0.15, 0.2) is 152 Å². The highest BCUT2D eigenvalue weighted by molar-refractivity contribution is 6.10. The number of rotatable bonds is 6. The number of hydrogen-bond acceptors (Lipinski definition) is 0. The highest BCUT2D eigenvalue weighted by atomic mass is 15.0. The molecule has 40 heavy (non-hydrogen) atoms. The van der Waals surface area contributed by atoms with Crippen LogP contribution in [0.25, 0.3) is 49.7 Å². The quantitative estimate of drug-likeness (QED) is 0.208. The fraction of sp³-hybridized carbons (Fsp3) is 0.0769. The van der Waals surface area contributed by atoms with E-state index < -0.39 is 0 Å². The Morgan fingerprint density at radius 3 is 1.60 bits per heavy atom. The highest BCUT2D eigenvalue weighted by Gasteiger charge is 2.15. The predicted octanol–water partition coefficient (Wildman–Crippen LogP) is 10.7. The molecule has 0 saturated heterocycles. The Balaban J connectivity index is 1.22. The lowest BCUT2D eigenvalue weighted by Gasteiger charge is -2.17. The zero-order chi connectivity index (χ0) is 26.9. The highest BCUT2D eigenvalue weighted by Crippen LogP contribution is 2.36. The van der Waals surface area contributed by atoms with Crippen LogP contribution < -0.4 is 0 Å². The van der Waals surface area contributed by atoms with Gasteiger partial charge in [0.05, 0.1) is 11.0 Å². The number of aromatic nitrogens is 1. The van der Waals surface area contributed by atoms with Gasteiger partial charge in [-0.05, 0) is 70.1 Å². The number of para-hydroxylation sites is 2. The molecule has 0 aliphatic heterocycles. The number of fused-ring (bicyclic) bond motifs is 3. The van der Waals surface area contributed by atoms with Crippen LogP contribution in [-0.2, 0) is 0 Å². The third kappa shape index (κ3) is 4.30. The van der Waals surface area contributed by atoms with Gasteiger partial charge in [-0.1, -0.05) is 128 Å². The monoisotopic (exact) mass is 513 g/mol. The fourth-order valence-electron chi connectivity index (χ4n) is 6.12. The first-order chi connectivity index (χ1) is 19.8. The molecule has 0 saturated carbocycles. The van der Waals surface area contributed by atoms with Crippen LogP contribution in [0.4, 0.5) is 0 Å². The smallest absolute Gasteiger partial charge is 0.0541 e. The second kappa shape index (κ2) is 10.4. The molecule has 1 aromatic heterocycles.